The summed E-state index contributed by atoms with van der Waals surface area (Å²) in [6.45, 7) is 6.32. The van der Waals surface area contributed by atoms with Crippen molar-refractivity contribution in [1.82, 2.24) is 15.5 Å². The fourth-order valence-electron chi connectivity index (χ4n) is 2.10. The molecule has 7 nitrogen and oxygen atoms in total. The molecule has 0 bridgehead atoms. The summed E-state index contributed by atoms with van der Waals surface area (Å²) in [5.74, 6) is -0.731. The molecule has 0 saturated carbocycles. The summed E-state index contributed by atoms with van der Waals surface area (Å²) < 4.78 is 0. The van der Waals surface area contributed by atoms with Crippen molar-refractivity contribution in [3.8, 4) is 0 Å². The molecule has 20 heavy (non-hydrogen) atoms. The molecule has 2 atom stereocenters. The average molecular weight is 284 g/mol. The Labute approximate surface area is 119 Å². The molecule has 4 N–H and O–H groups in total. The van der Waals surface area contributed by atoms with E-state index in [1.165, 1.54) is 4.90 Å². The van der Waals surface area contributed by atoms with Gasteiger partial charge in [-0.25, -0.2) is 0 Å². The van der Waals surface area contributed by atoms with Gasteiger partial charge in [0.25, 0.3) is 0 Å². The first kappa shape index (κ1) is 16.4. The van der Waals surface area contributed by atoms with E-state index in [9.17, 15) is 14.4 Å². The maximum atomic E-state index is 12.1. The minimum atomic E-state index is -0.630. The quantitative estimate of drug-likeness (QED) is 0.591. The summed E-state index contributed by atoms with van der Waals surface area (Å²) >= 11 is 0. The molecule has 1 aliphatic heterocycles. The number of nitrogens with one attached hydrogen (secondary N) is 2. The van der Waals surface area contributed by atoms with Crippen LogP contribution in [-0.2, 0) is 14.4 Å². The van der Waals surface area contributed by atoms with Gasteiger partial charge in [0.15, 0.2) is 0 Å². The lowest BCUT2D eigenvalue weighted by atomic mass is 10.1. The Morgan fingerprint density at radius 1 is 1.50 bits per heavy atom. The monoisotopic (exact) mass is 284 g/mol. The van der Waals surface area contributed by atoms with Crippen LogP contribution < -0.4 is 16.4 Å². The van der Waals surface area contributed by atoms with Gasteiger partial charge in [-0.15, -0.1) is 0 Å². The van der Waals surface area contributed by atoms with Gasteiger partial charge < -0.3 is 21.3 Å². The second-order valence-corrected chi connectivity index (χ2v) is 5.29. The van der Waals surface area contributed by atoms with Crippen molar-refractivity contribution < 1.29 is 14.4 Å². The van der Waals surface area contributed by atoms with E-state index in [-0.39, 0.29) is 30.2 Å². The average Bonchev–Trinajstić information content (AvgIpc) is 2.42. The highest BCUT2D eigenvalue weighted by Gasteiger charge is 2.31. The third-order valence-corrected chi connectivity index (χ3v) is 3.47. The van der Waals surface area contributed by atoms with Gasteiger partial charge in [-0.05, 0) is 12.3 Å². The smallest absolute Gasteiger partial charge is 0.242 e. The Balaban J connectivity index is 2.53. The summed E-state index contributed by atoms with van der Waals surface area (Å²) in [5, 5.41) is 5.26. The van der Waals surface area contributed by atoms with Crippen LogP contribution in [0.3, 0.4) is 0 Å². The third kappa shape index (κ3) is 3.93. The van der Waals surface area contributed by atoms with Gasteiger partial charge in [0.05, 0.1) is 12.6 Å². The highest BCUT2D eigenvalue weighted by molar-refractivity contribution is 5.91. The summed E-state index contributed by atoms with van der Waals surface area (Å²) in [6.07, 6.45) is 0.553. The van der Waals surface area contributed by atoms with Crippen molar-refractivity contribution in [3.63, 3.8) is 0 Å². The summed E-state index contributed by atoms with van der Waals surface area (Å²) in [7, 11) is 0. The van der Waals surface area contributed by atoms with Crippen LogP contribution in [0.4, 0.5) is 0 Å². The van der Waals surface area contributed by atoms with Gasteiger partial charge in [0, 0.05) is 13.1 Å². The SMILES string of the molecule is CCC1C(=O)NCCN1C(=O)CNC(=O)[C@@H](N)C(C)C. The van der Waals surface area contributed by atoms with Crippen molar-refractivity contribution in [3.05, 3.63) is 0 Å². The van der Waals surface area contributed by atoms with Crippen LogP contribution >= 0.6 is 0 Å². The van der Waals surface area contributed by atoms with Gasteiger partial charge >= 0.3 is 0 Å². The van der Waals surface area contributed by atoms with Crippen LogP contribution in [-0.4, -0.2) is 54.3 Å². The van der Waals surface area contributed by atoms with E-state index in [1.807, 2.05) is 20.8 Å². The number of hydrogen-bond acceptors (Lipinski definition) is 4. The number of piperazine rings is 1. The number of carbonyl (C=O) groups is 3. The molecule has 1 unspecified atom stereocenters. The Morgan fingerprint density at radius 2 is 2.15 bits per heavy atom. The molecule has 1 fully saturated rings. The lowest BCUT2D eigenvalue weighted by Gasteiger charge is -2.34. The minimum Gasteiger partial charge on any atom is -0.353 e. The zero-order chi connectivity index (χ0) is 15.3. The first-order valence-electron chi connectivity index (χ1n) is 6.99. The molecule has 1 heterocycles. The van der Waals surface area contributed by atoms with E-state index in [0.29, 0.717) is 19.5 Å². The van der Waals surface area contributed by atoms with Gasteiger partial charge in [0.1, 0.15) is 6.04 Å². The largest absolute Gasteiger partial charge is 0.353 e. The van der Waals surface area contributed by atoms with Crippen molar-refractivity contribution in [2.45, 2.75) is 39.3 Å². The Hall–Kier alpha value is -1.63. The van der Waals surface area contributed by atoms with Crippen LogP contribution in [0.25, 0.3) is 0 Å². The van der Waals surface area contributed by atoms with Crippen LogP contribution in [0.15, 0.2) is 0 Å². The maximum absolute atomic E-state index is 12.1. The first-order chi connectivity index (χ1) is 9.38. The number of nitrogens with zero attached hydrogens (tertiary/aromatic N) is 1. The molecule has 0 aromatic carbocycles. The molecule has 0 spiro atoms. The molecule has 3 amide bonds. The summed E-state index contributed by atoms with van der Waals surface area (Å²) in [6, 6.07) is -1.08. The molecule has 1 saturated heterocycles. The highest BCUT2D eigenvalue weighted by Crippen LogP contribution is 2.08. The Kier molecular flexibility index (Phi) is 5.94. The number of nitrogens with two attached hydrogens (primary N) is 1. The third-order valence-electron chi connectivity index (χ3n) is 3.47. The van der Waals surface area contributed by atoms with E-state index in [2.05, 4.69) is 10.6 Å². The van der Waals surface area contributed by atoms with Gasteiger partial charge in [-0.3, -0.25) is 14.4 Å². The Morgan fingerprint density at radius 3 is 2.70 bits per heavy atom. The van der Waals surface area contributed by atoms with Crippen molar-refractivity contribution >= 4 is 17.7 Å². The lowest BCUT2D eigenvalue weighted by molar-refractivity contribution is -0.143. The van der Waals surface area contributed by atoms with Gasteiger partial charge in [-0.1, -0.05) is 20.8 Å². The van der Waals surface area contributed by atoms with Crippen LogP contribution in [0, 0.1) is 5.92 Å². The molecule has 0 radical (unpaired) electrons. The summed E-state index contributed by atoms with van der Waals surface area (Å²) in [4.78, 5) is 37.0. The first-order valence-corrected chi connectivity index (χ1v) is 6.99. The molecule has 1 aliphatic rings. The molecule has 0 aromatic heterocycles. The number of amides is 3. The van der Waals surface area contributed by atoms with E-state index in [0.717, 1.165) is 0 Å². The minimum absolute atomic E-state index is 0.00857. The van der Waals surface area contributed by atoms with Crippen molar-refractivity contribution in [1.29, 1.82) is 0 Å². The second kappa shape index (κ2) is 7.23. The topological polar surface area (TPSA) is 105 Å². The normalized spacial score (nSPS) is 20.6. The van der Waals surface area contributed by atoms with E-state index in [1.54, 1.807) is 0 Å². The van der Waals surface area contributed by atoms with E-state index in [4.69, 9.17) is 5.73 Å². The predicted molar refractivity (Wildman–Crippen MR) is 74.6 cm³/mol. The van der Waals surface area contributed by atoms with Gasteiger partial charge in [0.2, 0.25) is 17.7 Å². The molecule has 0 aliphatic carbocycles. The standard InChI is InChI=1S/C13H24N4O3/c1-4-9-12(19)15-5-6-17(9)10(18)7-16-13(20)11(14)8(2)3/h8-9,11H,4-7,14H2,1-3H3,(H,15,19)(H,16,20)/t9?,11-/m0/s1. The molecule has 7 heteroatoms. The number of hydrogen-bond donors (Lipinski definition) is 3. The fourth-order valence-corrected chi connectivity index (χ4v) is 2.10. The fraction of sp³-hybridized carbons (Fsp3) is 0.769. The van der Waals surface area contributed by atoms with Crippen LogP contribution in [0.1, 0.15) is 27.2 Å². The molecule has 0 aromatic rings. The number of rotatable bonds is 5. The lowest BCUT2D eigenvalue weighted by Crippen LogP contribution is -2.59. The van der Waals surface area contributed by atoms with Gasteiger partial charge in [-0.2, -0.15) is 0 Å². The molecular formula is C13H24N4O3. The summed E-state index contributed by atoms with van der Waals surface area (Å²) in [5.41, 5.74) is 5.70. The molecule has 1 rings (SSSR count). The molecule has 114 valence electrons. The van der Waals surface area contributed by atoms with Crippen LogP contribution in [0.2, 0.25) is 0 Å². The van der Waals surface area contributed by atoms with Crippen LogP contribution in [0.5, 0.6) is 0 Å². The van der Waals surface area contributed by atoms with Crippen molar-refractivity contribution in [2.24, 2.45) is 11.7 Å². The van der Waals surface area contributed by atoms with E-state index >= 15 is 0 Å². The maximum Gasteiger partial charge on any atom is 0.242 e. The predicted octanol–water partition coefficient (Wildman–Crippen LogP) is -1.18. The number of carbonyl (C=O) groups excluding carboxylic acids is 3. The second-order valence-electron chi connectivity index (χ2n) is 5.29. The molecular weight excluding hydrogens is 260 g/mol. The Bertz CT molecular complexity index is 384. The zero-order valence-corrected chi connectivity index (χ0v) is 12.3. The zero-order valence-electron chi connectivity index (χ0n) is 12.3. The van der Waals surface area contributed by atoms with Crippen molar-refractivity contribution in [2.75, 3.05) is 19.6 Å². The van der Waals surface area contributed by atoms with E-state index < -0.39 is 12.1 Å². The highest BCUT2D eigenvalue weighted by atomic mass is 16.2.